The van der Waals surface area contributed by atoms with Gasteiger partial charge in [-0.15, -0.1) is 0 Å². The lowest BCUT2D eigenvalue weighted by atomic mass is 9.77. The number of fused-ring (bicyclic) bond motifs is 3. The first-order chi connectivity index (χ1) is 15.3. The molecule has 170 valence electrons. The zero-order chi connectivity index (χ0) is 22.5. The molecule has 0 radical (unpaired) electrons. The normalized spacial score (nSPS) is 25.8. The summed E-state index contributed by atoms with van der Waals surface area (Å²) in [5, 5.41) is 3.74. The Labute approximate surface area is 192 Å². The van der Waals surface area contributed by atoms with Crippen LogP contribution >= 0.6 is 0 Å². The van der Waals surface area contributed by atoms with Crippen LogP contribution in [0.1, 0.15) is 49.3 Å². The zero-order valence-electron chi connectivity index (χ0n) is 19.2. The fourth-order valence-corrected chi connectivity index (χ4v) is 6.92. The molecule has 2 aromatic rings. The molecule has 0 bridgehead atoms. The Hall–Kier alpha value is -2.31. The summed E-state index contributed by atoms with van der Waals surface area (Å²) in [5.41, 5.74) is 4.62. The first kappa shape index (κ1) is 21.5. The van der Waals surface area contributed by atoms with Gasteiger partial charge in [0.05, 0.1) is 10.9 Å². The van der Waals surface area contributed by atoms with Crippen molar-refractivity contribution in [3.05, 3.63) is 65.7 Å². The van der Waals surface area contributed by atoms with Gasteiger partial charge in [0.15, 0.2) is 0 Å². The Kier molecular flexibility index (Phi) is 5.54. The van der Waals surface area contributed by atoms with Crippen LogP contribution in [0.4, 0.5) is 11.4 Å². The first-order valence-corrected chi connectivity index (χ1v) is 13.1. The number of hydrogen-bond acceptors (Lipinski definition) is 4. The average Bonchev–Trinajstić information content (AvgIpc) is 3.29. The number of anilines is 2. The van der Waals surface area contributed by atoms with Crippen molar-refractivity contribution in [1.29, 1.82) is 0 Å². The van der Waals surface area contributed by atoms with Gasteiger partial charge in [-0.1, -0.05) is 31.2 Å². The van der Waals surface area contributed by atoms with E-state index in [2.05, 4.69) is 67.7 Å². The Morgan fingerprint density at radius 3 is 2.44 bits per heavy atom. The van der Waals surface area contributed by atoms with Gasteiger partial charge in [0, 0.05) is 44.5 Å². The van der Waals surface area contributed by atoms with Crippen molar-refractivity contribution in [1.82, 2.24) is 4.31 Å². The van der Waals surface area contributed by atoms with Crippen LogP contribution in [0.5, 0.6) is 0 Å². The molecule has 0 spiro atoms. The molecule has 2 aromatic carbocycles. The summed E-state index contributed by atoms with van der Waals surface area (Å²) >= 11 is 0. The predicted octanol–water partition coefficient (Wildman–Crippen LogP) is 5.00. The van der Waals surface area contributed by atoms with E-state index >= 15 is 0 Å². The van der Waals surface area contributed by atoms with E-state index < -0.39 is 10.0 Å². The second-order valence-corrected chi connectivity index (χ2v) is 11.7. The number of allylic oxidation sites excluding steroid dienone is 2. The number of rotatable bonds is 4. The fraction of sp³-hybridized carbons (Fsp3) is 0.462. The number of nitrogens with one attached hydrogen (secondary N) is 1. The third-order valence-corrected chi connectivity index (χ3v) is 9.38. The molecule has 1 N–H and O–H groups in total. The fourth-order valence-electron chi connectivity index (χ4n) is 5.42. The lowest BCUT2D eigenvalue weighted by molar-refractivity contribution is 0.288. The van der Waals surface area contributed by atoms with Crippen molar-refractivity contribution in [3.8, 4) is 0 Å². The molecule has 3 aliphatic rings. The van der Waals surface area contributed by atoms with Crippen molar-refractivity contribution in [3.63, 3.8) is 0 Å². The molecule has 0 saturated carbocycles. The van der Waals surface area contributed by atoms with Gasteiger partial charge in [0.1, 0.15) is 0 Å². The summed E-state index contributed by atoms with van der Waals surface area (Å²) in [6, 6.07) is 14.6. The molecule has 0 amide bonds. The van der Waals surface area contributed by atoms with Crippen LogP contribution in [-0.2, 0) is 10.0 Å². The monoisotopic (exact) mass is 451 g/mol. The maximum absolute atomic E-state index is 13.3. The molecule has 5 nitrogen and oxygen atoms in total. The van der Waals surface area contributed by atoms with Gasteiger partial charge in [-0.05, 0) is 72.6 Å². The van der Waals surface area contributed by atoms with Crippen molar-refractivity contribution < 1.29 is 8.42 Å². The van der Waals surface area contributed by atoms with Crippen molar-refractivity contribution in [2.45, 2.75) is 43.0 Å². The smallest absolute Gasteiger partial charge is 0.243 e. The minimum atomic E-state index is -3.45. The van der Waals surface area contributed by atoms with Gasteiger partial charge < -0.3 is 10.2 Å². The van der Waals surface area contributed by atoms with Crippen LogP contribution in [0, 0.1) is 11.8 Å². The van der Waals surface area contributed by atoms with Gasteiger partial charge in [0.2, 0.25) is 10.0 Å². The Morgan fingerprint density at radius 2 is 1.75 bits per heavy atom. The molecule has 2 aliphatic heterocycles. The predicted molar refractivity (Wildman–Crippen MR) is 131 cm³/mol. The summed E-state index contributed by atoms with van der Waals surface area (Å²) in [5.74, 6) is 1.23. The molecule has 32 heavy (non-hydrogen) atoms. The van der Waals surface area contributed by atoms with E-state index in [1.54, 1.807) is 10.4 Å². The zero-order valence-corrected chi connectivity index (χ0v) is 20.0. The van der Waals surface area contributed by atoms with Gasteiger partial charge in [-0.3, -0.25) is 0 Å². The van der Waals surface area contributed by atoms with Crippen LogP contribution in [0.25, 0.3) is 0 Å². The van der Waals surface area contributed by atoms with E-state index in [0.717, 1.165) is 30.5 Å². The maximum Gasteiger partial charge on any atom is 0.243 e. The molecule has 1 saturated heterocycles. The number of hydrogen-bond donors (Lipinski definition) is 1. The third kappa shape index (κ3) is 3.73. The van der Waals surface area contributed by atoms with E-state index in [1.165, 1.54) is 11.3 Å². The number of sulfonamides is 1. The molecular formula is C26H33N3O2S. The highest BCUT2D eigenvalue weighted by molar-refractivity contribution is 7.89. The standard InChI is InChI=1S/C26H33N3O2S/c1-18-13-15-29(16-14-18)32(30,31)21-11-12-25-24(17-21)22-5-4-6-23(22)26(27-25)19-7-9-20(10-8-19)28(2)3/h4-5,7-12,17-18,22-23,26-27H,6,13-16H2,1-3H3. The SMILES string of the molecule is CC1CCN(S(=O)(=O)c2ccc3c(c2)C2C=CCC2C(c2ccc(N(C)C)cc2)N3)CC1. The Morgan fingerprint density at radius 1 is 1.03 bits per heavy atom. The molecular weight excluding hydrogens is 418 g/mol. The van der Waals surface area contributed by atoms with Crippen LogP contribution < -0.4 is 10.2 Å². The lowest BCUT2D eigenvalue weighted by Crippen LogP contribution is -2.38. The van der Waals surface area contributed by atoms with E-state index in [9.17, 15) is 8.42 Å². The van der Waals surface area contributed by atoms with E-state index in [4.69, 9.17) is 0 Å². The van der Waals surface area contributed by atoms with Gasteiger partial charge >= 0.3 is 0 Å². The maximum atomic E-state index is 13.3. The summed E-state index contributed by atoms with van der Waals surface area (Å²) in [6.07, 6.45) is 7.39. The number of benzene rings is 2. The van der Waals surface area contributed by atoms with Crippen molar-refractivity contribution >= 4 is 21.4 Å². The van der Waals surface area contributed by atoms with E-state index in [0.29, 0.717) is 29.8 Å². The van der Waals surface area contributed by atoms with Crippen LogP contribution in [0.3, 0.4) is 0 Å². The molecule has 3 unspecified atom stereocenters. The van der Waals surface area contributed by atoms with Crippen LogP contribution in [0.2, 0.25) is 0 Å². The number of nitrogens with zero attached hydrogens (tertiary/aromatic N) is 2. The second-order valence-electron chi connectivity index (χ2n) is 9.80. The van der Waals surface area contributed by atoms with Crippen molar-refractivity contribution in [2.75, 3.05) is 37.4 Å². The number of piperidine rings is 1. The van der Waals surface area contributed by atoms with Gasteiger partial charge in [-0.25, -0.2) is 8.42 Å². The summed E-state index contributed by atoms with van der Waals surface area (Å²) in [4.78, 5) is 2.54. The topological polar surface area (TPSA) is 52.7 Å². The molecule has 3 atom stereocenters. The minimum Gasteiger partial charge on any atom is -0.378 e. The quantitative estimate of drug-likeness (QED) is 0.665. The van der Waals surface area contributed by atoms with E-state index in [1.807, 2.05) is 12.1 Å². The average molecular weight is 452 g/mol. The Balaban J connectivity index is 1.46. The molecule has 1 fully saturated rings. The van der Waals surface area contributed by atoms with Crippen molar-refractivity contribution in [2.24, 2.45) is 11.8 Å². The third-order valence-electron chi connectivity index (χ3n) is 7.48. The largest absolute Gasteiger partial charge is 0.378 e. The second kappa shape index (κ2) is 8.23. The first-order valence-electron chi connectivity index (χ1n) is 11.7. The Bertz CT molecular complexity index is 1120. The summed E-state index contributed by atoms with van der Waals surface area (Å²) < 4.78 is 28.3. The molecule has 6 heteroatoms. The summed E-state index contributed by atoms with van der Waals surface area (Å²) in [6.45, 7) is 3.44. The van der Waals surface area contributed by atoms with Crippen LogP contribution in [0.15, 0.2) is 59.5 Å². The summed E-state index contributed by atoms with van der Waals surface area (Å²) in [7, 11) is 0.656. The van der Waals surface area contributed by atoms with Gasteiger partial charge in [-0.2, -0.15) is 4.31 Å². The van der Waals surface area contributed by atoms with Gasteiger partial charge in [0.25, 0.3) is 0 Å². The molecule has 5 rings (SSSR count). The highest BCUT2D eigenvalue weighted by Crippen LogP contribution is 2.50. The highest BCUT2D eigenvalue weighted by Gasteiger charge is 2.39. The lowest BCUT2D eigenvalue weighted by Gasteiger charge is -2.38. The molecule has 2 heterocycles. The molecule has 1 aliphatic carbocycles. The minimum absolute atomic E-state index is 0.213. The molecule has 0 aromatic heterocycles. The van der Waals surface area contributed by atoms with Crippen LogP contribution in [-0.4, -0.2) is 39.9 Å². The highest BCUT2D eigenvalue weighted by atomic mass is 32.2. The van der Waals surface area contributed by atoms with E-state index in [-0.39, 0.29) is 12.0 Å².